The molecule has 1 aromatic heterocycles. The van der Waals surface area contributed by atoms with E-state index < -0.39 is 0 Å². The lowest BCUT2D eigenvalue weighted by Crippen LogP contribution is -2.37. The Balaban J connectivity index is 1.54. The summed E-state index contributed by atoms with van der Waals surface area (Å²) in [5.41, 5.74) is 1.87. The van der Waals surface area contributed by atoms with E-state index in [0.29, 0.717) is 13.1 Å². The molecular weight excluding hydrogens is 281 g/mol. The zero-order chi connectivity index (χ0) is 15.4. The van der Waals surface area contributed by atoms with Crippen molar-refractivity contribution in [3.63, 3.8) is 0 Å². The quantitative estimate of drug-likeness (QED) is 0.920. The smallest absolute Gasteiger partial charge is 0.240 e. The second-order valence-corrected chi connectivity index (χ2v) is 5.43. The van der Waals surface area contributed by atoms with E-state index in [1.165, 1.54) is 12.1 Å². The number of hydrogen-bond acceptors (Lipinski definition) is 3. The molecule has 3 rings (SSSR count). The first-order valence-electron chi connectivity index (χ1n) is 7.39. The van der Waals surface area contributed by atoms with Gasteiger partial charge in [-0.1, -0.05) is 18.2 Å². The van der Waals surface area contributed by atoms with Gasteiger partial charge in [-0.3, -0.25) is 9.78 Å². The van der Waals surface area contributed by atoms with Crippen molar-refractivity contribution in [1.82, 2.24) is 15.2 Å². The molecule has 0 spiro atoms. The molecule has 1 aliphatic rings. The summed E-state index contributed by atoms with van der Waals surface area (Å²) in [6.07, 6.45) is 2.53. The minimum atomic E-state index is -0.258. The van der Waals surface area contributed by atoms with Crippen LogP contribution in [0.1, 0.15) is 17.7 Å². The molecule has 1 unspecified atom stereocenters. The van der Waals surface area contributed by atoms with Crippen molar-refractivity contribution >= 4 is 5.91 Å². The van der Waals surface area contributed by atoms with Crippen LogP contribution in [0.15, 0.2) is 48.7 Å². The van der Waals surface area contributed by atoms with Gasteiger partial charge < -0.3 is 10.2 Å². The van der Waals surface area contributed by atoms with Crippen molar-refractivity contribution in [3.05, 3.63) is 65.7 Å². The first-order chi connectivity index (χ1) is 10.7. The Morgan fingerprint density at radius 1 is 1.23 bits per heavy atom. The van der Waals surface area contributed by atoms with Crippen molar-refractivity contribution in [3.8, 4) is 0 Å². The predicted octanol–water partition coefficient (Wildman–Crippen LogP) is 2.11. The number of aromatic nitrogens is 1. The summed E-state index contributed by atoms with van der Waals surface area (Å²) in [5, 5.41) is 3.26. The number of amides is 1. The minimum absolute atomic E-state index is 0.0975. The monoisotopic (exact) mass is 299 g/mol. The average molecular weight is 299 g/mol. The van der Waals surface area contributed by atoms with Gasteiger partial charge in [0.25, 0.3) is 0 Å². The van der Waals surface area contributed by atoms with Gasteiger partial charge in [0.2, 0.25) is 5.91 Å². The van der Waals surface area contributed by atoms with Crippen LogP contribution < -0.4 is 5.32 Å². The van der Waals surface area contributed by atoms with Crippen molar-refractivity contribution in [1.29, 1.82) is 0 Å². The third-order valence-corrected chi connectivity index (χ3v) is 3.84. The summed E-state index contributed by atoms with van der Waals surface area (Å²) in [6.45, 7) is 1.83. The van der Waals surface area contributed by atoms with Gasteiger partial charge in [-0.15, -0.1) is 0 Å². The van der Waals surface area contributed by atoms with Crippen molar-refractivity contribution in [2.45, 2.75) is 25.6 Å². The molecule has 5 heteroatoms. The third kappa shape index (κ3) is 3.49. The highest BCUT2D eigenvalue weighted by molar-refractivity contribution is 5.83. The number of benzene rings is 1. The van der Waals surface area contributed by atoms with E-state index in [4.69, 9.17) is 0 Å². The van der Waals surface area contributed by atoms with Crippen LogP contribution in [-0.2, 0) is 17.9 Å². The Hall–Kier alpha value is -2.27. The molecule has 2 aromatic rings. The SMILES string of the molecule is O=C1C(NCc2ccccn2)CCN1Cc1ccc(F)cc1. The number of carbonyl (C=O) groups is 1. The number of rotatable bonds is 5. The maximum atomic E-state index is 12.9. The Morgan fingerprint density at radius 3 is 2.77 bits per heavy atom. The number of pyridine rings is 1. The highest BCUT2D eigenvalue weighted by Gasteiger charge is 2.30. The Bertz CT molecular complexity index is 630. The summed E-state index contributed by atoms with van der Waals surface area (Å²) in [6, 6.07) is 11.9. The maximum absolute atomic E-state index is 12.9. The van der Waals surface area contributed by atoms with Crippen LogP contribution in [0.2, 0.25) is 0 Å². The standard InChI is InChI=1S/C17H18FN3O/c18-14-6-4-13(5-7-14)12-21-10-8-16(17(21)22)20-11-15-3-1-2-9-19-15/h1-7,9,16,20H,8,10-12H2. The van der Waals surface area contributed by atoms with E-state index >= 15 is 0 Å². The van der Waals surface area contributed by atoms with E-state index in [2.05, 4.69) is 10.3 Å². The number of halogens is 1. The Morgan fingerprint density at radius 2 is 2.05 bits per heavy atom. The molecule has 0 aliphatic carbocycles. The van der Waals surface area contributed by atoms with Crippen LogP contribution in [0.4, 0.5) is 4.39 Å². The molecule has 0 radical (unpaired) electrons. The van der Waals surface area contributed by atoms with Gasteiger partial charge in [-0.05, 0) is 36.2 Å². The topological polar surface area (TPSA) is 45.2 Å². The largest absolute Gasteiger partial charge is 0.337 e. The summed E-state index contributed by atoms with van der Waals surface area (Å²) < 4.78 is 12.9. The Kier molecular flexibility index (Phi) is 4.44. The molecule has 114 valence electrons. The van der Waals surface area contributed by atoms with Crippen LogP contribution >= 0.6 is 0 Å². The predicted molar refractivity (Wildman–Crippen MR) is 81.3 cm³/mol. The maximum Gasteiger partial charge on any atom is 0.240 e. The molecular formula is C17H18FN3O. The fourth-order valence-corrected chi connectivity index (χ4v) is 2.63. The highest BCUT2D eigenvalue weighted by atomic mass is 19.1. The van der Waals surface area contributed by atoms with E-state index in [1.54, 1.807) is 18.3 Å². The molecule has 0 saturated carbocycles. The molecule has 1 aliphatic heterocycles. The van der Waals surface area contributed by atoms with Crippen LogP contribution in [-0.4, -0.2) is 28.4 Å². The second kappa shape index (κ2) is 6.66. The zero-order valence-electron chi connectivity index (χ0n) is 12.2. The van der Waals surface area contributed by atoms with Gasteiger partial charge in [0.1, 0.15) is 5.82 Å². The molecule has 2 heterocycles. The summed E-state index contributed by atoms with van der Waals surface area (Å²) >= 11 is 0. The Labute approximate surface area is 129 Å². The molecule has 0 bridgehead atoms. The van der Waals surface area contributed by atoms with Gasteiger partial charge in [0.15, 0.2) is 0 Å². The molecule has 22 heavy (non-hydrogen) atoms. The second-order valence-electron chi connectivity index (χ2n) is 5.43. The minimum Gasteiger partial charge on any atom is -0.337 e. The molecule has 1 fully saturated rings. The van der Waals surface area contributed by atoms with Gasteiger partial charge in [-0.25, -0.2) is 4.39 Å². The molecule has 1 atom stereocenters. The van der Waals surface area contributed by atoms with Gasteiger partial charge >= 0.3 is 0 Å². The lowest BCUT2D eigenvalue weighted by atomic mass is 10.2. The zero-order valence-corrected chi connectivity index (χ0v) is 12.2. The summed E-state index contributed by atoms with van der Waals surface area (Å²) in [5.74, 6) is -0.161. The third-order valence-electron chi connectivity index (χ3n) is 3.84. The lowest BCUT2D eigenvalue weighted by molar-refractivity contribution is -0.129. The fraction of sp³-hybridized carbons (Fsp3) is 0.294. The summed E-state index contributed by atoms with van der Waals surface area (Å²) in [7, 11) is 0. The normalized spacial score (nSPS) is 18.0. The van der Waals surface area contributed by atoms with Crippen molar-refractivity contribution in [2.24, 2.45) is 0 Å². The summed E-state index contributed by atoms with van der Waals surface area (Å²) in [4.78, 5) is 18.4. The van der Waals surface area contributed by atoms with Crippen LogP contribution in [0.5, 0.6) is 0 Å². The molecule has 1 saturated heterocycles. The van der Waals surface area contributed by atoms with Crippen LogP contribution in [0.25, 0.3) is 0 Å². The number of carbonyl (C=O) groups excluding carboxylic acids is 1. The van der Waals surface area contributed by atoms with Gasteiger partial charge in [-0.2, -0.15) is 0 Å². The van der Waals surface area contributed by atoms with E-state index in [-0.39, 0.29) is 17.8 Å². The van der Waals surface area contributed by atoms with Gasteiger partial charge in [0.05, 0.1) is 11.7 Å². The number of nitrogens with zero attached hydrogens (tertiary/aromatic N) is 2. The molecule has 1 amide bonds. The van der Waals surface area contributed by atoms with Crippen LogP contribution in [0.3, 0.4) is 0 Å². The van der Waals surface area contributed by atoms with E-state index in [9.17, 15) is 9.18 Å². The number of likely N-dealkylation sites (tertiary alicyclic amines) is 1. The molecule has 1 N–H and O–H groups in total. The van der Waals surface area contributed by atoms with Gasteiger partial charge in [0, 0.05) is 25.8 Å². The first-order valence-corrected chi connectivity index (χ1v) is 7.39. The number of hydrogen-bond donors (Lipinski definition) is 1. The molecule has 1 aromatic carbocycles. The van der Waals surface area contributed by atoms with Crippen molar-refractivity contribution in [2.75, 3.05) is 6.54 Å². The highest BCUT2D eigenvalue weighted by Crippen LogP contribution is 2.16. The first kappa shape index (κ1) is 14.7. The van der Waals surface area contributed by atoms with E-state index in [0.717, 1.165) is 24.2 Å². The lowest BCUT2D eigenvalue weighted by Gasteiger charge is -2.17. The fourth-order valence-electron chi connectivity index (χ4n) is 2.63. The van der Waals surface area contributed by atoms with Crippen molar-refractivity contribution < 1.29 is 9.18 Å². The number of nitrogens with one attached hydrogen (secondary N) is 1. The van der Waals surface area contributed by atoms with E-state index in [1.807, 2.05) is 23.1 Å². The molecule has 4 nitrogen and oxygen atoms in total. The van der Waals surface area contributed by atoms with Crippen LogP contribution in [0, 0.1) is 5.82 Å². The average Bonchev–Trinajstić information content (AvgIpc) is 2.89.